The number of amides is 1. The molecular formula is C8H16N2O. The Morgan fingerprint density at radius 3 is 2.36 bits per heavy atom. The van der Waals surface area contributed by atoms with Crippen molar-refractivity contribution < 1.29 is 4.79 Å². The molecular weight excluding hydrogens is 140 g/mol. The van der Waals surface area contributed by atoms with E-state index in [1.165, 1.54) is 0 Å². The molecule has 0 unspecified atom stereocenters. The molecule has 1 rings (SSSR count). The van der Waals surface area contributed by atoms with Gasteiger partial charge in [-0.1, -0.05) is 0 Å². The molecule has 1 aliphatic rings. The van der Waals surface area contributed by atoms with Crippen LogP contribution in [0, 0.1) is 5.41 Å². The standard InChI is InChI=1S/C8H16N2O/c1-8(2)5-9(3)6-10(4)7(8)11/h5-6H2,1-4H3. The van der Waals surface area contributed by atoms with Gasteiger partial charge in [-0.2, -0.15) is 0 Å². The Kier molecular flexibility index (Phi) is 1.92. The minimum absolute atomic E-state index is 0.207. The van der Waals surface area contributed by atoms with Crippen LogP contribution in [0.5, 0.6) is 0 Å². The number of nitrogens with zero attached hydrogens (tertiary/aromatic N) is 2. The van der Waals surface area contributed by atoms with E-state index in [2.05, 4.69) is 4.90 Å². The Labute approximate surface area is 68.0 Å². The van der Waals surface area contributed by atoms with Gasteiger partial charge in [-0.05, 0) is 20.9 Å². The Balaban J connectivity index is 2.75. The van der Waals surface area contributed by atoms with E-state index in [0.717, 1.165) is 13.2 Å². The lowest BCUT2D eigenvalue weighted by Gasteiger charge is -2.40. The maximum atomic E-state index is 11.5. The van der Waals surface area contributed by atoms with E-state index in [4.69, 9.17) is 0 Å². The molecule has 3 heteroatoms. The average molecular weight is 156 g/mol. The highest BCUT2D eigenvalue weighted by molar-refractivity contribution is 5.82. The molecule has 0 spiro atoms. The third kappa shape index (κ3) is 1.53. The first-order chi connectivity index (χ1) is 4.93. The number of carbonyl (C=O) groups is 1. The van der Waals surface area contributed by atoms with Crippen LogP contribution in [0.25, 0.3) is 0 Å². The highest BCUT2D eigenvalue weighted by atomic mass is 16.2. The van der Waals surface area contributed by atoms with Gasteiger partial charge in [0.2, 0.25) is 5.91 Å². The molecule has 0 N–H and O–H groups in total. The van der Waals surface area contributed by atoms with Crippen LogP contribution in [0.15, 0.2) is 0 Å². The fourth-order valence-electron chi connectivity index (χ4n) is 1.74. The summed E-state index contributed by atoms with van der Waals surface area (Å²) >= 11 is 0. The van der Waals surface area contributed by atoms with Gasteiger partial charge in [0, 0.05) is 13.6 Å². The predicted molar refractivity (Wildman–Crippen MR) is 44.0 cm³/mol. The molecule has 1 fully saturated rings. The summed E-state index contributed by atoms with van der Waals surface area (Å²) < 4.78 is 0. The molecule has 1 heterocycles. The second-order valence-electron chi connectivity index (χ2n) is 4.04. The fourth-order valence-corrected chi connectivity index (χ4v) is 1.74. The highest BCUT2D eigenvalue weighted by Crippen LogP contribution is 2.23. The van der Waals surface area contributed by atoms with Crippen molar-refractivity contribution in [3.63, 3.8) is 0 Å². The van der Waals surface area contributed by atoms with E-state index < -0.39 is 0 Å². The Morgan fingerprint density at radius 1 is 1.36 bits per heavy atom. The smallest absolute Gasteiger partial charge is 0.230 e. The zero-order chi connectivity index (χ0) is 8.65. The molecule has 0 aromatic heterocycles. The van der Waals surface area contributed by atoms with E-state index >= 15 is 0 Å². The van der Waals surface area contributed by atoms with Gasteiger partial charge >= 0.3 is 0 Å². The Bertz CT molecular complexity index is 177. The SMILES string of the molecule is CN1CN(C)C(=O)C(C)(C)C1. The van der Waals surface area contributed by atoms with Crippen molar-refractivity contribution >= 4 is 5.91 Å². The normalized spacial score (nSPS) is 25.8. The van der Waals surface area contributed by atoms with Gasteiger partial charge in [-0.3, -0.25) is 9.69 Å². The van der Waals surface area contributed by atoms with Gasteiger partial charge in [0.05, 0.1) is 12.1 Å². The lowest BCUT2D eigenvalue weighted by atomic mass is 9.90. The molecule has 1 saturated heterocycles. The summed E-state index contributed by atoms with van der Waals surface area (Å²) in [6.07, 6.45) is 0. The lowest BCUT2D eigenvalue weighted by molar-refractivity contribution is -0.147. The average Bonchev–Trinajstić information content (AvgIpc) is 1.81. The quantitative estimate of drug-likeness (QED) is 0.506. The minimum atomic E-state index is -0.207. The van der Waals surface area contributed by atoms with Gasteiger partial charge in [-0.15, -0.1) is 0 Å². The van der Waals surface area contributed by atoms with Crippen LogP contribution in [0.1, 0.15) is 13.8 Å². The summed E-state index contributed by atoms with van der Waals surface area (Å²) in [6, 6.07) is 0. The largest absolute Gasteiger partial charge is 0.332 e. The number of rotatable bonds is 0. The molecule has 0 radical (unpaired) electrons. The van der Waals surface area contributed by atoms with Crippen molar-refractivity contribution in [2.75, 3.05) is 27.3 Å². The monoisotopic (exact) mass is 156 g/mol. The van der Waals surface area contributed by atoms with Crippen LogP contribution >= 0.6 is 0 Å². The number of hydrogen-bond acceptors (Lipinski definition) is 2. The molecule has 0 bridgehead atoms. The maximum Gasteiger partial charge on any atom is 0.230 e. The molecule has 64 valence electrons. The second kappa shape index (κ2) is 2.48. The summed E-state index contributed by atoms with van der Waals surface area (Å²) in [5.74, 6) is 0.246. The van der Waals surface area contributed by atoms with E-state index in [0.29, 0.717) is 0 Å². The van der Waals surface area contributed by atoms with E-state index in [-0.39, 0.29) is 11.3 Å². The Hall–Kier alpha value is -0.570. The third-order valence-corrected chi connectivity index (χ3v) is 2.04. The molecule has 0 aliphatic carbocycles. The second-order valence-corrected chi connectivity index (χ2v) is 4.04. The first kappa shape index (κ1) is 8.53. The van der Waals surface area contributed by atoms with Gasteiger partial charge in [-0.25, -0.2) is 0 Å². The van der Waals surface area contributed by atoms with Crippen molar-refractivity contribution in [1.29, 1.82) is 0 Å². The molecule has 1 aliphatic heterocycles. The van der Waals surface area contributed by atoms with Crippen molar-refractivity contribution in [3.05, 3.63) is 0 Å². The zero-order valence-electron chi connectivity index (χ0n) is 7.72. The van der Waals surface area contributed by atoms with Crippen LogP contribution in [0.3, 0.4) is 0 Å². The predicted octanol–water partition coefficient (Wildman–Crippen LogP) is 0.374. The van der Waals surface area contributed by atoms with E-state index in [9.17, 15) is 4.79 Å². The summed E-state index contributed by atoms with van der Waals surface area (Å²) in [4.78, 5) is 15.4. The maximum absolute atomic E-state index is 11.5. The first-order valence-corrected chi connectivity index (χ1v) is 3.87. The zero-order valence-corrected chi connectivity index (χ0v) is 7.72. The van der Waals surface area contributed by atoms with Crippen molar-refractivity contribution in [1.82, 2.24) is 9.80 Å². The number of carbonyl (C=O) groups excluding carboxylic acids is 1. The van der Waals surface area contributed by atoms with Gasteiger partial charge in [0.1, 0.15) is 0 Å². The van der Waals surface area contributed by atoms with Crippen LogP contribution in [-0.2, 0) is 4.79 Å². The summed E-state index contributed by atoms with van der Waals surface area (Å²) in [6.45, 7) is 5.58. The molecule has 0 atom stereocenters. The molecule has 1 amide bonds. The van der Waals surface area contributed by atoms with Gasteiger partial charge < -0.3 is 4.90 Å². The molecule has 3 nitrogen and oxygen atoms in total. The summed E-state index contributed by atoms with van der Waals surface area (Å²) in [7, 11) is 3.88. The first-order valence-electron chi connectivity index (χ1n) is 3.87. The van der Waals surface area contributed by atoms with E-state index in [1.807, 2.05) is 27.9 Å². The summed E-state index contributed by atoms with van der Waals surface area (Å²) in [5, 5.41) is 0. The molecule has 11 heavy (non-hydrogen) atoms. The van der Waals surface area contributed by atoms with Crippen LogP contribution in [-0.4, -0.2) is 43.0 Å². The molecule has 0 saturated carbocycles. The van der Waals surface area contributed by atoms with Gasteiger partial charge in [0.15, 0.2) is 0 Å². The highest BCUT2D eigenvalue weighted by Gasteiger charge is 2.35. The fraction of sp³-hybridized carbons (Fsp3) is 0.875. The van der Waals surface area contributed by atoms with Crippen molar-refractivity contribution in [2.24, 2.45) is 5.41 Å². The van der Waals surface area contributed by atoms with Crippen molar-refractivity contribution in [2.45, 2.75) is 13.8 Å². The third-order valence-electron chi connectivity index (χ3n) is 2.04. The van der Waals surface area contributed by atoms with E-state index in [1.54, 1.807) is 4.90 Å². The van der Waals surface area contributed by atoms with Crippen LogP contribution in [0.2, 0.25) is 0 Å². The summed E-state index contributed by atoms with van der Waals surface area (Å²) in [5.41, 5.74) is -0.207. The van der Waals surface area contributed by atoms with Crippen LogP contribution in [0.4, 0.5) is 0 Å². The lowest BCUT2D eigenvalue weighted by Crippen LogP contribution is -2.54. The van der Waals surface area contributed by atoms with Gasteiger partial charge in [0.25, 0.3) is 0 Å². The topological polar surface area (TPSA) is 23.6 Å². The van der Waals surface area contributed by atoms with Crippen molar-refractivity contribution in [3.8, 4) is 0 Å². The molecule has 0 aromatic rings. The molecule has 0 aromatic carbocycles. The van der Waals surface area contributed by atoms with Crippen LogP contribution < -0.4 is 0 Å². The minimum Gasteiger partial charge on any atom is -0.332 e. The Morgan fingerprint density at radius 2 is 1.91 bits per heavy atom. The number of hydrogen-bond donors (Lipinski definition) is 0.